The lowest BCUT2D eigenvalue weighted by Crippen LogP contribution is -2.61. The van der Waals surface area contributed by atoms with Crippen molar-refractivity contribution in [2.75, 3.05) is 37.7 Å². The molecule has 0 atom stereocenters. The van der Waals surface area contributed by atoms with Gasteiger partial charge in [0.25, 0.3) is 0 Å². The Balaban J connectivity index is 1.43. The van der Waals surface area contributed by atoms with Gasteiger partial charge >= 0.3 is 0 Å². The molecule has 2 aliphatic rings. The minimum absolute atomic E-state index is 0.145. The molecule has 1 aromatic carbocycles. The zero-order valence-electron chi connectivity index (χ0n) is 16.5. The second-order valence-electron chi connectivity index (χ2n) is 7.96. The Bertz CT molecular complexity index is 883. The summed E-state index contributed by atoms with van der Waals surface area (Å²) < 4.78 is 25.9. The smallest absolute Gasteiger partial charge is 0.159 e. The molecule has 2 aromatic rings. The highest BCUT2D eigenvalue weighted by atomic mass is 19.1. The molecule has 1 spiro atoms. The molecule has 29 heavy (non-hydrogen) atoms. The average molecular weight is 396 g/mol. The van der Waals surface area contributed by atoms with Gasteiger partial charge in [-0.05, 0) is 36.2 Å². The number of ether oxygens (including phenoxy) is 2. The summed E-state index contributed by atoms with van der Waals surface area (Å²) in [6.07, 6.45) is 2.13. The fourth-order valence-corrected chi connectivity index (χ4v) is 3.63. The van der Waals surface area contributed by atoms with Gasteiger partial charge in [-0.15, -0.1) is 0 Å². The van der Waals surface area contributed by atoms with Crippen LogP contribution in [0, 0.1) is 29.5 Å². The maximum atomic E-state index is 14.0. The Morgan fingerprint density at radius 2 is 2.07 bits per heavy atom. The van der Waals surface area contributed by atoms with Crippen molar-refractivity contribution in [1.82, 2.24) is 10.3 Å². The molecule has 0 saturated carbocycles. The summed E-state index contributed by atoms with van der Waals surface area (Å²) in [7, 11) is 0. The van der Waals surface area contributed by atoms with Crippen LogP contribution in [-0.4, -0.2) is 44.1 Å². The predicted octanol–water partition coefficient (Wildman–Crippen LogP) is 2.76. The topological polar surface area (TPSA) is 70.4 Å². The maximum absolute atomic E-state index is 14.0. The first-order valence-corrected chi connectivity index (χ1v) is 9.87. The lowest BCUT2D eigenvalue weighted by Gasteiger charge is -2.46. The summed E-state index contributed by atoms with van der Waals surface area (Å²) in [5.41, 5.74) is 2.90. The monoisotopic (exact) mass is 396 g/mol. The van der Waals surface area contributed by atoms with Gasteiger partial charge in [-0.25, -0.2) is 9.37 Å². The Morgan fingerprint density at radius 1 is 1.28 bits per heavy atom. The van der Waals surface area contributed by atoms with E-state index in [9.17, 15) is 4.39 Å². The van der Waals surface area contributed by atoms with Crippen LogP contribution in [0.3, 0.4) is 0 Å². The Kier molecular flexibility index (Phi) is 5.76. The molecule has 0 bridgehead atoms. The first-order chi connectivity index (χ1) is 14.1. The fourth-order valence-electron chi connectivity index (χ4n) is 3.63. The Labute approximate surface area is 170 Å². The standard InChI is InChI=1S/C22H25FN4O2/c1-16-2-3-17(8-20(16)23)11-27(19-5-4-18(9-24)26-10-19)7-6-21-28-14-22(15-29-21)12-25-13-22/h2-5,8,10,21,25H,6-7,11-15H2,1H3. The van der Waals surface area contributed by atoms with Gasteiger partial charge in [0, 0.05) is 38.0 Å². The highest BCUT2D eigenvalue weighted by Crippen LogP contribution is 2.29. The summed E-state index contributed by atoms with van der Waals surface area (Å²) in [5.74, 6) is -0.209. The van der Waals surface area contributed by atoms with Crippen molar-refractivity contribution < 1.29 is 13.9 Å². The summed E-state index contributed by atoms with van der Waals surface area (Å²) in [5, 5.41) is 12.3. The lowest BCUT2D eigenvalue weighted by atomic mass is 9.83. The number of benzene rings is 1. The van der Waals surface area contributed by atoms with Gasteiger partial charge in [-0.2, -0.15) is 5.26 Å². The van der Waals surface area contributed by atoms with Gasteiger partial charge in [0.05, 0.1) is 25.1 Å². The van der Waals surface area contributed by atoms with Crippen molar-refractivity contribution in [2.45, 2.75) is 26.2 Å². The highest BCUT2D eigenvalue weighted by molar-refractivity contribution is 5.46. The molecule has 2 fully saturated rings. The van der Waals surface area contributed by atoms with E-state index >= 15 is 0 Å². The van der Waals surface area contributed by atoms with Crippen LogP contribution in [0.25, 0.3) is 0 Å². The fraction of sp³-hybridized carbons (Fsp3) is 0.455. The van der Waals surface area contributed by atoms with Gasteiger partial charge in [0.15, 0.2) is 6.29 Å². The number of nitrogens with one attached hydrogen (secondary N) is 1. The Morgan fingerprint density at radius 3 is 2.66 bits per heavy atom. The molecule has 0 aliphatic carbocycles. The number of pyridine rings is 1. The lowest BCUT2D eigenvalue weighted by molar-refractivity contribution is -0.239. The van der Waals surface area contributed by atoms with Gasteiger partial charge in [0.1, 0.15) is 17.6 Å². The third-order valence-electron chi connectivity index (χ3n) is 5.62. The molecule has 1 N–H and O–H groups in total. The van der Waals surface area contributed by atoms with Gasteiger partial charge in [-0.3, -0.25) is 0 Å². The van der Waals surface area contributed by atoms with Crippen LogP contribution >= 0.6 is 0 Å². The summed E-state index contributed by atoms with van der Waals surface area (Å²) in [6, 6.07) is 10.9. The number of nitrogens with zero attached hydrogens (tertiary/aromatic N) is 3. The van der Waals surface area contributed by atoms with E-state index in [2.05, 4.69) is 15.2 Å². The SMILES string of the molecule is Cc1ccc(CN(CCC2OCC3(CNC3)CO2)c2ccc(C#N)nc2)cc1F. The van der Waals surface area contributed by atoms with E-state index in [0.29, 0.717) is 44.0 Å². The van der Waals surface area contributed by atoms with Gasteiger partial charge < -0.3 is 19.7 Å². The van der Waals surface area contributed by atoms with Gasteiger partial charge in [0.2, 0.25) is 0 Å². The molecular formula is C22H25FN4O2. The number of nitriles is 1. The number of aryl methyl sites for hydroxylation is 1. The van der Waals surface area contributed by atoms with Crippen LogP contribution in [-0.2, 0) is 16.0 Å². The number of anilines is 1. The molecule has 0 amide bonds. The van der Waals surface area contributed by atoms with Gasteiger partial charge in [-0.1, -0.05) is 12.1 Å². The molecule has 2 aliphatic heterocycles. The third kappa shape index (κ3) is 4.56. The summed E-state index contributed by atoms with van der Waals surface area (Å²) in [4.78, 5) is 6.29. The predicted molar refractivity (Wildman–Crippen MR) is 107 cm³/mol. The van der Waals surface area contributed by atoms with Crippen LogP contribution in [0.15, 0.2) is 36.5 Å². The van der Waals surface area contributed by atoms with Crippen molar-refractivity contribution >= 4 is 5.69 Å². The van der Waals surface area contributed by atoms with E-state index in [1.54, 1.807) is 31.3 Å². The van der Waals surface area contributed by atoms with E-state index in [0.717, 1.165) is 24.3 Å². The van der Waals surface area contributed by atoms with Crippen molar-refractivity contribution in [3.8, 4) is 6.07 Å². The largest absolute Gasteiger partial charge is 0.366 e. The van der Waals surface area contributed by atoms with Crippen LogP contribution < -0.4 is 10.2 Å². The first-order valence-electron chi connectivity index (χ1n) is 9.87. The molecule has 4 rings (SSSR count). The number of hydrogen-bond acceptors (Lipinski definition) is 6. The number of halogens is 1. The Hall–Kier alpha value is -2.53. The molecule has 6 nitrogen and oxygen atoms in total. The number of hydrogen-bond donors (Lipinski definition) is 1. The average Bonchev–Trinajstić information content (AvgIpc) is 2.73. The second-order valence-corrected chi connectivity index (χ2v) is 7.96. The normalized spacial score (nSPS) is 18.2. The van der Waals surface area contributed by atoms with Crippen molar-refractivity contribution in [1.29, 1.82) is 5.26 Å². The zero-order valence-corrected chi connectivity index (χ0v) is 16.5. The van der Waals surface area contributed by atoms with Crippen molar-refractivity contribution in [3.05, 3.63) is 59.2 Å². The minimum atomic E-state index is -0.246. The molecule has 0 unspecified atom stereocenters. The molecule has 2 saturated heterocycles. The van der Waals surface area contributed by atoms with Crippen molar-refractivity contribution in [3.63, 3.8) is 0 Å². The molecule has 152 valence electrons. The quantitative estimate of drug-likeness (QED) is 0.810. The molecule has 1 aromatic heterocycles. The maximum Gasteiger partial charge on any atom is 0.159 e. The van der Waals surface area contributed by atoms with E-state index in [4.69, 9.17) is 14.7 Å². The number of aromatic nitrogens is 1. The van der Waals surface area contributed by atoms with Crippen LogP contribution in [0.1, 0.15) is 23.2 Å². The minimum Gasteiger partial charge on any atom is -0.366 e. The van der Waals surface area contributed by atoms with Crippen molar-refractivity contribution in [2.24, 2.45) is 5.41 Å². The highest BCUT2D eigenvalue weighted by Gasteiger charge is 2.41. The zero-order chi connectivity index (χ0) is 20.3. The molecule has 3 heterocycles. The van der Waals surface area contributed by atoms with Crippen LogP contribution in [0.2, 0.25) is 0 Å². The second kappa shape index (κ2) is 8.46. The molecule has 0 radical (unpaired) electrons. The van der Waals surface area contributed by atoms with E-state index < -0.39 is 0 Å². The van der Waals surface area contributed by atoms with E-state index in [-0.39, 0.29) is 17.5 Å². The third-order valence-corrected chi connectivity index (χ3v) is 5.62. The van der Waals surface area contributed by atoms with E-state index in [1.165, 1.54) is 0 Å². The van der Waals surface area contributed by atoms with Crippen LogP contribution in [0.5, 0.6) is 0 Å². The summed E-state index contributed by atoms with van der Waals surface area (Å²) >= 11 is 0. The number of rotatable bonds is 6. The first kappa shape index (κ1) is 19.8. The van der Waals surface area contributed by atoms with Crippen LogP contribution in [0.4, 0.5) is 10.1 Å². The summed E-state index contributed by atoms with van der Waals surface area (Å²) in [6.45, 7) is 6.27. The molecular weight excluding hydrogens is 371 g/mol. The molecule has 7 heteroatoms. The van der Waals surface area contributed by atoms with E-state index in [1.807, 2.05) is 18.2 Å².